The molecule has 0 aliphatic rings. The molecule has 6 heteroatoms. The monoisotopic (exact) mass is 289 g/mol. The van der Waals surface area contributed by atoms with Crippen molar-refractivity contribution in [3.8, 4) is 0 Å². The molecule has 0 spiro atoms. The molecule has 20 heavy (non-hydrogen) atoms. The van der Waals surface area contributed by atoms with Crippen molar-refractivity contribution in [2.24, 2.45) is 5.92 Å². The highest BCUT2D eigenvalue weighted by molar-refractivity contribution is 5.81. The third-order valence-electron chi connectivity index (χ3n) is 2.38. The van der Waals surface area contributed by atoms with Crippen molar-refractivity contribution in [3.05, 3.63) is 0 Å². The van der Waals surface area contributed by atoms with E-state index in [-0.39, 0.29) is 36.9 Å². The van der Waals surface area contributed by atoms with E-state index in [1.807, 2.05) is 27.7 Å². The van der Waals surface area contributed by atoms with E-state index < -0.39 is 0 Å². The lowest BCUT2D eigenvalue weighted by Crippen LogP contribution is -2.31. The minimum atomic E-state index is -0.152. The molecular weight excluding hydrogens is 262 g/mol. The summed E-state index contributed by atoms with van der Waals surface area (Å²) in [6.45, 7) is 9.26. The summed E-state index contributed by atoms with van der Waals surface area (Å²) >= 11 is 0. The molecule has 0 aliphatic heterocycles. The average molecular weight is 289 g/mol. The number of ether oxygens (including phenoxy) is 3. The van der Waals surface area contributed by atoms with Crippen LogP contribution >= 0.6 is 0 Å². The quantitative estimate of drug-likeness (QED) is 0.538. The molecule has 0 radical (unpaired) electrons. The van der Waals surface area contributed by atoms with E-state index >= 15 is 0 Å². The Morgan fingerprint density at radius 2 is 1.60 bits per heavy atom. The van der Waals surface area contributed by atoms with E-state index in [9.17, 15) is 9.59 Å². The Morgan fingerprint density at radius 1 is 0.950 bits per heavy atom. The van der Waals surface area contributed by atoms with Crippen molar-refractivity contribution < 1.29 is 23.8 Å². The fourth-order valence-corrected chi connectivity index (χ4v) is 1.12. The van der Waals surface area contributed by atoms with Gasteiger partial charge in [0.25, 0.3) is 0 Å². The van der Waals surface area contributed by atoms with E-state index in [1.165, 1.54) is 0 Å². The van der Waals surface area contributed by atoms with Crippen LogP contribution < -0.4 is 5.32 Å². The Morgan fingerprint density at radius 3 is 2.20 bits per heavy atom. The van der Waals surface area contributed by atoms with Gasteiger partial charge in [-0.3, -0.25) is 9.59 Å². The number of hydrogen-bond acceptors (Lipinski definition) is 5. The average Bonchev–Trinajstić information content (AvgIpc) is 2.38. The minimum absolute atomic E-state index is 0.000751. The van der Waals surface area contributed by atoms with Crippen molar-refractivity contribution in [2.45, 2.75) is 33.8 Å². The van der Waals surface area contributed by atoms with Crippen LogP contribution in [-0.2, 0) is 23.8 Å². The molecule has 0 heterocycles. The first-order valence-corrected chi connectivity index (χ1v) is 7.00. The fraction of sp³-hybridized carbons (Fsp3) is 0.857. The van der Waals surface area contributed by atoms with Crippen LogP contribution in [0.1, 0.15) is 27.7 Å². The van der Waals surface area contributed by atoms with Gasteiger partial charge in [0, 0.05) is 12.5 Å². The Bertz CT molecular complexity index is 279. The summed E-state index contributed by atoms with van der Waals surface area (Å²) < 4.78 is 15.6. The van der Waals surface area contributed by atoms with Crippen LogP contribution in [0.4, 0.5) is 0 Å². The first-order valence-electron chi connectivity index (χ1n) is 7.00. The number of Topliss-reactive ketones (excluding diaryl/α,β-unsaturated/α-hetero) is 1. The summed E-state index contributed by atoms with van der Waals surface area (Å²) in [5.74, 6) is -0.0670. The topological polar surface area (TPSA) is 73.9 Å². The SMILES string of the molecule is CC(C)OCC(=O)NCCOCCOCC(=O)C(C)C. The second-order valence-corrected chi connectivity index (χ2v) is 5.00. The standard InChI is InChI=1S/C14H27NO5/c1-11(2)13(16)9-19-8-7-18-6-5-15-14(17)10-20-12(3)4/h11-12H,5-10H2,1-4H3,(H,15,17). The number of hydrogen-bond donors (Lipinski definition) is 1. The van der Waals surface area contributed by atoms with Crippen LogP contribution in [0.25, 0.3) is 0 Å². The highest BCUT2D eigenvalue weighted by atomic mass is 16.5. The summed E-state index contributed by atoms with van der Waals surface area (Å²) in [7, 11) is 0. The first-order chi connectivity index (χ1) is 9.43. The van der Waals surface area contributed by atoms with E-state index in [1.54, 1.807) is 0 Å². The van der Waals surface area contributed by atoms with Gasteiger partial charge in [-0.1, -0.05) is 13.8 Å². The fourth-order valence-electron chi connectivity index (χ4n) is 1.12. The smallest absolute Gasteiger partial charge is 0.246 e. The van der Waals surface area contributed by atoms with Crippen molar-refractivity contribution in [2.75, 3.05) is 39.6 Å². The van der Waals surface area contributed by atoms with E-state index in [2.05, 4.69) is 5.32 Å². The highest BCUT2D eigenvalue weighted by Crippen LogP contribution is 1.94. The first kappa shape index (κ1) is 19.0. The van der Waals surface area contributed by atoms with Gasteiger partial charge in [-0.2, -0.15) is 0 Å². The van der Waals surface area contributed by atoms with Gasteiger partial charge in [0.15, 0.2) is 5.78 Å². The van der Waals surface area contributed by atoms with Gasteiger partial charge in [-0.05, 0) is 13.8 Å². The lowest BCUT2D eigenvalue weighted by Gasteiger charge is -2.09. The maximum absolute atomic E-state index is 11.3. The molecule has 0 unspecified atom stereocenters. The molecule has 0 saturated carbocycles. The number of rotatable bonds is 12. The Labute approximate surface area is 121 Å². The Balaban J connectivity index is 3.28. The van der Waals surface area contributed by atoms with Gasteiger partial charge < -0.3 is 19.5 Å². The molecule has 6 nitrogen and oxygen atoms in total. The van der Waals surface area contributed by atoms with E-state index in [4.69, 9.17) is 14.2 Å². The lowest BCUT2D eigenvalue weighted by atomic mass is 10.1. The Hall–Kier alpha value is -0.980. The zero-order valence-corrected chi connectivity index (χ0v) is 12.9. The largest absolute Gasteiger partial charge is 0.377 e. The molecule has 0 atom stereocenters. The molecule has 0 aromatic carbocycles. The maximum Gasteiger partial charge on any atom is 0.246 e. The van der Waals surface area contributed by atoms with Crippen LogP contribution in [0, 0.1) is 5.92 Å². The predicted octanol–water partition coefficient (Wildman–Crippen LogP) is 0.786. The van der Waals surface area contributed by atoms with Gasteiger partial charge >= 0.3 is 0 Å². The summed E-state index contributed by atoms with van der Waals surface area (Å²) in [6.07, 6.45) is 0.0442. The highest BCUT2D eigenvalue weighted by Gasteiger charge is 2.06. The predicted molar refractivity (Wildman–Crippen MR) is 75.6 cm³/mol. The van der Waals surface area contributed by atoms with E-state index in [0.717, 1.165) is 0 Å². The molecular formula is C14H27NO5. The molecule has 0 saturated heterocycles. The second-order valence-electron chi connectivity index (χ2n) is 5.00. The number of nitrogens with one attached hydrogen (secondary N) is 1. The molecule has 0 bridgehead atoms. The molecule has 118 valence electrons. The van der Waals surface area contributed by atoms with Crippen molar-refractivity contribution in [1.29, 1.82) is 0 Å². The zero-order chi connectivity index (χ0) is 15.4. The number of amides is 1. The number of ketones is 1. The van der Waals surface area contributed by atoms with Crippen molar-refractivity contribution in [3.63, 3.8) is 0 Å². The molecule has 0 aromatic rings. The van der Waals surface area contributed by atoms with E-state index in [0.29, 0.717) is 26.4 Å². The number of carbonyl (C=O) groups is 2. The summed E-state index contributed by atoms with van der Waals surface area (Å²) in [5.41, 5.74) is 0. The summed E-state index contributed by atoms with van der Waals surface area (Å²) in [6, 6.07) is 0. The van der Waals surface area contributed by atoms with Crippen LogP contribution in [-0.4, -0.2) is 57.4 Å². The van der Waals surface area contributed by atoms with Crippen LogP contribution in [0.3, 0.4) is 0 Å². The molecule has 0 aromatic heterocycles. The third-order valence-corrected chi connectivity index (χ3v) is 2.38. The summed E-state index contributed by atoms with van der Waals surface area (Å²) in [4.78, 5) is 22.5. The van der Waals surface area contributed by atoms with Gasteiger partial charge in [0.05, 0.1) is 25.9 Å². The molecule has 0 fully saturated rings. The van der Waals surface area contributed by atoms with Crippen molar-refractivity contribution >= 4 is 11.7 Å². The molecule has 1 N–H and O–H groups in total. The van der Waals surface area contributed by atoms with Crippen LogP contribution in [0.15, 0.2) is 0 Å². The Kier molecular flexibility index (Phi) is 11.2. The second kappa shape index (κ2) is 11.8. The van der Waals surface area contributed by atoms with Crippen LogP contribution in [0.2, 0.25) is 0 Å². The molecule has 1 amide bonds. The minimum Gasteiger partial charge on any atom is -0.377 e. The van der Waals surface area contributed by atoms with Crippen molar-refractivity contribution in [1.82, 2.24) is 5.32 Å². The van der Waals surface area contributed by atoms with Gasteiger partial charge in [-0.15, -0.1) is 0 Å². The molecule has 0 rings (SSSR count). The lowest BCUT2D eigenvalue weighted by molar-refractivity contribution is -0.128. The normalized spacial score (nSPS) is 11.1. The van der Waals surface area contributed by atoms with Gasteiger partial charge in [-0.25, -0.2) is 0 Å². The van der Waals surface area contributed by atoms with Gasteiger partial charge in [0.2, 0.25) is 5.91 Å². The van der Waals surface area contributed by atoms with Crippen LogP contribution in [0.5, 0.6) is 0 Å². The summed E-state index contributed by atoms with van der Waals surface area (Å²) in [5, 5.41) is 2.68. The zero-order valence-electron chi connectivity index (χ0n) is 12.9. The number of carbonyl (C=O) groups excluding carboxylic acids is 2. The van der Waals surface area contributed by atoms with Gasteiger partial charge in [0.1, 0.15) is 13.2 Å². The maximum atomic E-state index is 11.3. The third kappa shape index (κ3) is 12.1. The molecule has 0 aliphatic carbocycles.